The van der Waals surface area contributed by atoms with Crippen molar-refractivity contribution in [2.24, 2.45) is 0 Å². The number of allylic oxidation sites excluding steroid dienone is 1. The van der Waals surface area contributed by atoms with Gasteiger partial charge < -0.3 is 0 Å². The molecule has 0 heterocycles. The van der Waals surface area contributed by atoms with Crippen LogP contribution in [0.3, 0.4) is 0 Å². The molecule has 0 aliphatic carbocycles. The highest BCUT2D eigenvalue weighted by atomic mass is 28.3. The molecule has 1 aromatic rings. The Morgan fingerprint density at radius 2 is 1.60 bits per heavy atom. The van der Waals surface area contributed by atoms with Crippen molar-refractivity contribution in [3.8, 4) is 0 Å². The van der Waals surface area contributed by atoms with Crippen LogP contribution in [0.2, 0.25) is 32.7 Å². The van der Waals surface area contributed by atoms with Crippen molar-refractivity contribution in [2.75, 3.05) is 0 Å². The summed E-state index contributed by atoms with van der Waals surface area (Å²) >= 11 is 0. The Bertz CT molecular complexity index is 424. The molecular formula is C18H32Si2. The Morgan fingerprint density at radius 1 is 1.00 bits per heavy atom. The van der Waals surface area contributed by atoms with E-state index in [2.05, 4.69) is 75.7 Å². The molecule has 2 heteroatoms. The summed E-state index contributed by atoms with van der Waals surface area (Å²) in [5.41, 5.74) is 4.22. The Hall–Kier alpha value is -0.606. The predicted molar refractivity (Wildman–Crippen MR) is 98.6 cm³/mol. The Balaban J connectivity index is 2.95. The van der Waals surface area contributed by atoms with Crippen LogP contribution >= 0.6 is 0 Å². The maximum atomic E-state index is 2.71. The van der Waals surface area contributed by atoms with Crippen molar-refractivity contribution in [1.29, 1.82) is 0 Å². The van der Waals surface area contributed by atoms with Gasteiger partial charge >= 0.3 is 0 Å². The minimum absolute atomic E-state index is 1.12. The molecule has 0 spiro atoms. The average molecular weight is 305 g/mol. The molecule has 0 bridgehead atoms. The second-order valence-electron chi connectivity index (χ2n) is 7.69. The molecule has 0 fully saturated rings. The third kappa shape index (κ3) is 6.23. The highest BCUT2D eigenvalue weighted by Gasteiger charge is 2.27. The SMILES string of the molecule is CCCC/C(=C\[Si](C)(C)C)[Si](C)(C)Cc1ccccc1. The summed E-state index contributed by atoms with van der Waals surface area (Å²) in [6.07, 6.45) is 3.98. The van der Waals surface area contributed by atoms with Gasteiger partial charge in [0.1, 0.15) is 0 Å². The summed E-state index contributed by atoms with van der Waals surface area (Å²) in [5.74, 6) is 0. The molecule has 0 amide bonds. The van der Waals surface area contributed by atoms with E-state index in [4.69, 9.17) is 0 Å². The summed E-state index contributed by atoms with van der Waals surface area (Å²) in [5, 5.41) is 1.82. The van der Waals surface area contributed by atoms with Gasteiger partial charge in [0.2, 0.25) is 0 Å². The second-order valence-corrected chi connectivity index (χ2v) is 17.5. The molecule has 0 radical (unpaired) electrons. The smallest absolute Gasteiger partial charge is 0.0788 e. The summed E-state index contributed by atoms with van der Waals surface area (Å²) in [4.78, 5) is 0. The van der Waals surface area contributed by atoms with Crippen LogP contribution in [0.15, 0.2) is 41.2 Å². The lowest BCUT2D eigenvalue weighted by Gasteiger charge is -2.29. The van der Waals surface area contributed by atoms with E-state index in [9.17, 15) is 0 Å². The van der Waals surface area contributed by atoms with E-state index in [-0.39, 0.29) is 0 Å². The standard InChI is InChI=1S/C18H32Si2/c1-7-8-14-18(16-19(2,3)4)20(5,6)15-17-12-10-9-11-13-17/h9-13,16H,7-8,14-15H2,1-6H3/b18-16+. The van der Waals surface area contributed by atoms with Gasteiger partial charge in [0.05, 0.1) is 16.1 Å². The molecular weight excluding hydrogens is 272 g/mol. The molecule has 20 heavy (non-hydrogen) atoms. The highest BCUT2D eigenvalue weighted by molar-refractivity contribution is 6.88. The van der Waals surface area contributed by atoms with E-state index >= 15 is 0 Å². The van der Waals surface area contributed by atoms with Gasteiger partial charge in [0.15, 0.2) is 0 Å². The van der Waals surface area contributed by atoms with E-state index in [1.807, 2.05) is 5.20 Å². The van der Waals surface area contributed by atoms with Crippen LogP contribution in [0, 0.1) is 0 Å². The summed E-state index contributed by atoms with van der Waals surface area (Å²) < 4.78 is 0. The van der Waals surface area contributed by atoms with Crippen molar-refractivity contribution in [3.05, 3.63) is 46.8 Å². The third-order valence-electron chi connectivity index (χ3n) is 3.77. The lowest BCUT2D eigenvalue weighted by molar-refractivity contribution is 0.802. The summed E-state index contributed by atoms with van der Waals surface area (Å²) in [6.45, 7) is 14.8. The molecule has 0 atom stereocenters. The molecule has 1 rings (SSSR count). The number of rotatable bonds is 7. The van der Waals surface area contributed by atoms with Crippen molar-refractivity contribution in [3.63, 3.8) is 0 Å². The maximum absolute atomic E-state index is 2.71. The quantitative estimate of drug-likeness (QED) is 0.541. The van der Waals surface area contributed by atoms with Gasteiger partial charge in [-0.15, -0.1) is 0 Å². The zero-order valence-electron chi connectivity index (χ0n) is 14.3. The molecule has 0 aliphatic rings. The Labute approximate surface area is 128 Å². The van der Waals surface area contributed by atoms with Crippen molar-refractivity contribution in [2.45, 2.75) is 65.0 Å². The fourth-order valence-electron chi connectivity index (χ4n) is 2.72. The lowest BCUT2D eigenvalue weighted by Crippen LogP contribution is -2.35. The van der Waals surface area contributed by atoms with E-state index in [0.29, 0.717) is 0 Å². The highest BCUT2D eigenvalue weighted by Crippen LogP contribution is 2.26. The van der Waals surface area contributed by atoms with Crippen molar-refractivity contribution < 1.29 is 0 Å². The van der Waals surface area contributed by atoms with Crippen LogP contribution in [0.1, 0.15) is 31.7 Å². The number of unbranched alkanes of at least 4 members (excludes halogenated alkanes) is 1. The summed E-state index contributed by atoms with van der Waals surface area (Å²) in [7, 11) is -2.45. The average Bonchev–Trinajstić information content (AvgIpc) is 2.33. The van der Waals surface area contributed by atoms with Gasteiger partial charge in [-0.05, 0) is 12.5 Å². The first-order chi connectivity index (χ1) is 9.24. The first-order valence-corrected chi connectivity index (χ1v) is 14.8. The molecule has 0 nitrogen and oxygen atoms in total. The zero-order valence-corrected chi connectivity index (χ0v) is 16.3. The van der Waals surface area contributed by atoms with Crippen LogP contribution in [-0.2, 0) is 6.04 Å². The predicted octanol–water partition coefficient (Wildman–Crippen LogP) is 6.01. The molecule has 0 aromatic heterocycles. The Morgan fingerprint density at radius 3 is 2.10 bits per heavy atom. The van der Waals surface area contributed by atoms with Gasteiger partial charge in [-0.1, -0.05) is 99.3 Å². The minimum Gasteiger partial charge on any atom is -0.0995 e. The lowest BCUT2D eigenvalue weighted by atomic mass is 10.2. The second kappa shape index (κ2) is 7.42. The monoisotopic (exact) mass is 304 g/mol. The first kappa shape index (κ1) is 17.4. The first-order valence-electron chi connectivity index (χ1n) is 8.01. The molecule has 112 valence electrons. The molecule has 0 saturated carbocycles. The zero-order chi connectivity index (χ0) is 15.2. The number of hydrogen-bond donors (Lipinski definition) is 0. The molecule has 0 aliphatic heterocycles. The van der Waals surface area contributed by atoms with Gasteiger partial charge in [0.25, 0.3) is 0 Å². The number of hydrogen-bond acceptors (Lipinski definition) is 0. The number of benzene rings is 1. The van der Waals surface area contributed by atoms with Crippen LogP contribution < -0.4 is 0 Å². The van der Waals surface area contributed by atoms with Crippen LogP contribution in [0.5, 0.6) is 0 Å². The third-order valence-corrected chi connectivity index (χ3v) is 8.69. The van der Waals surface area contributed by atoms with Gasteiger partial charge in [-0.3, -0.25) is 0 Å². The van der Waals surface area contributed by atoms with E-state index < -0.39 is 16.1 Å². The molecule has 0 N–H and O–H groups in total. The largest absolute Gasteiger partial charge is 0.0995 e. The van der Waals surface area contributed by atoms with Gasteiger partial charge in [-0.25, -0.2) is 0 Å². The van der Waals surface area contributed by atoms with Crippen LogP contribution in [0.4, 0.5) is 0 Å². The van der Waals surface area contributed by atoms with Crippen LogP contribution in [0.25, 0.3) is 0 Å². The normalized spacial score (nSPS) is 13.6. The fourth-order valence-corrected chi connectivity index (χ4v) is 9.10. The summed E-state index contributed by atoms with van der Waals surface area (Å²) in [6, 6.07) is 12.3. The van der Waals surface area contributed by atoms with Gasteiger partial charge in [0, 0.05) is 0 Å². The van der Waals surface area contributed by atoms with Crippen LogP contribution in [-0.4, -0.2) is 16.1 Å². The van der Waals surface area contributed by atoms with E-state index in [1.54, 1.807) is 0 Å². The fraction of sp³-hybridized carbons (Fsp3) is 0.556. The topological polar surface area (TPSA) is 0 Å². The van der Waals surface area contributed by atoms with Gasteiger partial charge in [-0.2, -0.15) is 0 Å². The van der Waals surface area contributed by atoms with E-state index in [1.165, 1.54) is 30.9 Å². The van der Waals surface area contributed by atoms with Crippen molar-refractivity contribution in [1.82, 2.24) is 0 Å². The molecule has 0 unspecified atom stereocenters. The molecule has 0 saturated heterocycles. The maximum Gasteiger partial charge on any atom is 0.0788 e. The van der Waals surface area contributed by atoms with E-state index in [0.717, 1.165) is 0 Å². The Kier molecular flexibility index (Phi) is 6.47. The van der Waals surface area contributed by atoms with Crippen molar-refractivity contribution >= 4 is 16.1 Å². The molecule has 1 aromatic carbocycles. The minimum atomic E-state index is -1.32.